The van der Waals surface area contributed by atoms with Gasteiger partial charge in [-0.2, -0.15) is 5.10 Å². The molecule has 0 bridgehead atoms. The van der Waals surface area contributed by atoms with E-state index >= 15 is 0 Å². The van der Waals surface area contributed by atoms with Crippen LogP contribution in [0, 0.1) is 34.5 Å². The number of aliphatic hydroxyl groups excluding tert-OH is 1. The number of fused-ring (bicyclic) bond motifs is 5. The van der Waals surface area contributed by atoms with Crippen molar-refractivity contribution in [2.75, 3.05) is 27.7 Å². The summed E-state index contributed by atoms with van der Waals surface area (Å²) in [6, 6.07) is 0. The number of carbonyl (C=O) groups excluding carboxylic acids is 1. The Morgan fingerprint density at radius 3 is 2.61 bits per heavy atom. The lowest BCUT2D eigenvalue weighted by atomic mass is 9.47. The smallest absolute Gasteiger partial charge is 0.295 e. The lowest BCUT2D eigenvalue weighted by Gasteiger charge is -2.58. The van der Waals surface area contributed by atoms with E-state index in [2.05, 4.69) is 37.4 Å². The second kappa shape index (κ2) is 7.98. The first-order chi connectivity index (χ1) is 14.4. The Labute approximate surface area is 188 Å². The first kappa shape index (κ1) is 23.0. The highest BCUT2D eigenvalue weighted by atomic mass is 16.3. The molecule has 31 heavy (non-hydrogen) atoms. The molecule has 0 spiro atoms. The van der Waals surface area contributed by atoms with E-state index in [4.69, 9.17) is 0 Å². The van der Waals surface area contributed by atoms with Crippen LogP contribution in [0.2, 0.25) is 0 Å². The Morgan fingerprint density at radius 2 is 1.90 bits per heavy atom. The fourth-order valence-electron chi connectivity index (χ4n) is 8.02. The van der Waals surface area contributed by atoms with Crippen molar-refractivity contribution in [2.24, 2.45) is 39.6 Å². The van der Waals surface area contributed by atoms with Crippen molar-refractivity contribution < 1.29 is 14.4 Å². The van der Waals surface area contributed by atoms with Crippen LogP contribution < -0.4 is 5.43 Å². The zero-order chi connectivity index (χ0) is 22.6. The molecule has 0 radical (unpaired) electrons. The standard InChI is InChI=1S/C26H43N3O2/c1-17(27-28-24(31)16-29(4,5)6)21-9-10-22-20-8-7-18-15-19(30)11-13-25(18,2)23(20)12-14-26(21,22)3/h7,19-23,30H,8-16H2,1-6H3/p+1. The number of rotatable bonds is 4. The molecule has 5 heteroatoms. The summed E-state index contributed by atoms with van der Waals surface area (Å²) in [5.41, 5.74) is 6.07. The van der Waals surface area contributed by atoms with Gasteiger partial charge in [-0.15, -0.1) is 0 Å². The van der Waals surface area contributed by atoms with Crippen LogP contribution in [0.3, 0.4) is 0 Å². The molecule has 4 aliphatic carbocycles. The van der Waals surface area contributed by atoms with Crippen LogP contribution in [0.25, 0.3) is 0 Å². The van der Waals surface area contributed by atoms with Crippen LogP contribution in [-0.4, -0.2) is 55.0 Å². The Hall–Kier alpha value is -1.20. The Morgan fingerprint density at radius 1 is 1.16 bits per heavy atom. The maximum absolute atomic E-state index is 12.3. The van der Waals surface area contributed by atoms with Gasteiger partial charge in [0.05, 0.1) is 27.2 Å². The predicted octanol–water partition coefficient (Wildman–Crippen LogP) is 4.12. The van der Waals surface area contributed by atoms with Gasteiger partial charge in [-0.3, -0.25) is 4.79 Å². The molecule has 4 aliphatic rings. The SMILES string of the molecule is CC(=NNC(=O)C[N+](C)(C)C)C1CCC2C3CC=C4CC(O)CCC4(C)C3CCC12C. The third-order valence-electron chi connectivity index (χ3n) is 9.56. The van der Waals surface area contributed by atoms with Gasteiger partial charge in [0.2, 0.25) is 0 Å². The van der Waals surface area contributed by atoms with Crippen LogP contribution >= 0.6 is 0 Å². The van der Waals surface area contributed by atoms with Gasteiger partial charge in [0, 0.05) is 11.6 Å². The van der Waals surface area contributed by atoms with Crippen LogP contribution in [0.4, 0.5) is 0 Å². The number of allylic oxidation sites excluding steroid dienone is 1. The second-order valence-electron chi connectivity index (χ2n) is 12.6. The molecule has 0 aromatic carbocycles. The van der Waals surface area contributed by atoms with Gasteiger partial charge in [0.1, 0.15) is 0 Å². The normalized spacial score (nSPS) is 42.9. The molecule has 0 aliphatic heterocycles. The summed E-state index contributed by atoms with van der Waals surface area (Å²) >= 11 is 0. The lowest BCUT2D eigenvalue weighted by molar-refractivity contribution is -0.862. The first-order valence-electron chi connectivity index (χ1n) is 12.4. The van der Waals surface area contributed by atoms with Gasteiger partial charge in [0.25, 0.3) is 5.91 Å². The minimum atomic E-state index is -0.133. The number of hydrazone groups is 1. The molecule has 5 nitrogen and oxygen atoms in total. The number of likely N-dealkylation sites (N-methyl/N-ethyl adjacent to an activating group) is 1. The molecular weight excluding hydrogens is 386 g/mol. The van der Waals surface area contributed by atoms with Crippen LogP contribution in [0.5, 0.6) is 0 Å². The largest absolute Gasteiger partial charge is 0.393 e. The van der Waals surface area contributed by atoms with E-state index in [1.54, 1.807) is 5.57 Å². The molecule has 174 valence electrons. The van der Waals surface area contributed by atoms with E-state index in [9.17, 15) is 9.90 Å². The van der Waals surface area contributed by atoms with Crippen molar-refractivity contribution in [3.8, 4) is 0 Å². The maximum Gasteiger partial charge on any atom is 0.295 e. The van der Waals surface area contributed by atoms with Gasteiger partial charge in [-0.25, -0.2) is 5.43 Å². The van der Waals surface area contributed by atoms with Gasteiger partial charge in [0.15, 0.2) is 6.54 Å². The van der Waals surface area contributed by atoms with Crippen LogP contribution in [0.15, 0.2) is 16.8 Å². The van der Waals surface area contributed by atoms with Crippen molar-refractivity contribution >= 4 is 11.6 Å². The zero-order valence-electron chi connectivity index (χ0n) is 20.6. The van der Waals surface area contributed by atoms with E-state index < -0.39 is 0 Å². The molecule has 4 rings (SSSR count). The Balaban J connectivity index is 1.49. The Kier molecular flexibility index (Phi) is 5.92. The number of carbonyl (C=O) groups is 1. The number of nitrogens with zero attached hydrogens (tertiary/aromatic N) is 2. The summed E-state index contributed by atoms with van der Waals surface area (Å²) in [5.74, 6) is 2.72. The van der Waals surface area contributed by atoms with E-state index in [0.717, 1.165) is 42.7 Å². The number of hydrogen-bond donors (Lipinski definition) is 2. The molecule has 7 atom stereocenters. The quantitative estimate of drug-likeness (QED) is 0.305. The average molecular weight is 431 g/mol. The van der Waals surface area contributed by atoms with E-state index in [1.807, 2.05) is 21.1 Å². The Bertz CT molecular complexity index is 782. The summed E-state index contributed by atoms with van der Waals surface area (Å²) in [5, 5.41) is 14.8. The molecule has 0 aromatic rings. The highest BCUT2D eigenvalue weighted by Gasteiger charge is 2.59. The highest BCUT2D eigenvalue weighted by Crippen LogP contribution is 2.66. The van der Waals surface area contributed by atoms with Crippen molar-refractivity contribution in [1.29, 1.82) is 0 Å². The third-order valence-corrected chi connectivity index (χ3v) is 9.56. The van der Waals surface area contributed by atoms with Gasteiger partial charge >= 0.3 is 0 Å². The van der Waals surface area contributed by atoms with Crippen molar-refractivity contribution in [3.63, 3.8) is 0 Å². The summed E-state index contributed by atoms with van der Waals surface area (Å²) in [4.78, 5) is 12.3. The van der Waals surface area contributed by atoms with E-state index in [1.165, 1.54) is 32.1 Å². The number of hydrogen-bond acceptors (Lipinski definition) is 3. The van der Waals surface area contributed by atoms with Crippen molar-refractivity contribution in [3.05, 3.63) is 11.6 Å². The molecule has 3 fully saturated rings. The molecule has 1 amide bonds. The molecule has 0 heterocycles. The topological polar surface area (TPSA) is 61.7 Å². The molecule has 7 unspecified atom stereocenters. The summed E-state index contributed by atoms with van der Waals surface area (Å²) < 4.78 is 0.609. The van der Waals surface area contributed by atoms with E-state index in [-0.39, 0.29) is 17.4 Å². The number of quaternary nitrogens is 1. The zero-order valence-corrected chi connectivity index (χ0v) is 20.6. The summed E-state index contributed by atoms with van der Waals surface area (Å²) in [7, 11) is 6.07. The second-order valence-corrected chi connectivity index (χ2v) is 12.6. The van der Waals surface area contributed by atoms with Gasteiger partial charge in [-0.1, -0.05) is 25.5 Å². The predicted molar refractivity (Wildman–Crippen MR) is 125 cm³/mol. The number of aliphatic hydroxyl groups is 1. The average Bonchev–Trinajstić information content (AvgIpc) is 3.02. The van der Waals surface area contributed by atoms with Crippen LogP contribution in [-0.2, 0) is 4.79 Å². The first-order valence-corrected chi connectivity index (χ1v) is 12.4. The van der Waals surface area contributed by atoms with E-state index in [0.29, 0.717) is 22.4 Å². The summed E-state index contributed by atoms with van der Waals surface area (Å²) in [6.45, 7) is 7.56. The molecule has 3 saturated carbocycles. The summed E-state index contributed by atoms with van der Waals surface area (Å²) in [6.07, 6.45) is 11.6. The minimum Gasteiger partial charge on any atom is -0.393 e. The molecule has 0 saturated heterocycles. The van der Waals surface area contributed by atoms with Crippen LogP contribution in [0.1, 0.15) is 72.1 Å². The van der Waals surface area contributed by atoms with Crippen molar-refractivity contribution in [1.82, 2.24) is 5.43 Å². The maximum atomic E-state index is 12.3. The van der Waals surface area contributed by atoms with Gasteiger partial charge in [-0.05, 0) is 86.9 Å². The fraction of sp³-hybridized carbons (Fsp3) is 0.846. The monoisotopic (exact) mass is 430 g/mol. The molecular formula is C26H44N3O2+. The highest BCUT2D eigenvalue weighted by molar-refractivity contribution is 5.87. The lowest BCUT2D eigenvalue weighted by Crippen LogP contribution is -2.51. The fourth-order valence-corrected chi connectivity index (χ4v) is 8.02. The number of nitrogens with one attached hydrogen (secondary N) is 1. The third kappa shape index (κ3) is 4.13. The number of amides is 1. The minimum absolute atomic E-state index is 0.00684. The molecule has 0 aromatic heterocycles. The van der Waals surface area contributed by atoms with Crippen molar-refractivity contribution in [2.45, 2.75) is 78.2 Å². The molecule has 2 N–H and O–H groups in total. The van der Waals surface area contributed by atoms with Gasteiger partial charge < -0.3 is 9.59 Å².